The predicted octanol–water partition coefficient (Wildman–Crippen LogP) is 5.84. The standard InChI is InChI=1S/C22H24ClN3/c1-2-26(25-21-16-10-9-15-20(21)23)17-22(18-11-5-3-6-12-18)24-19-13-7-4-8-14-19/h3-16,22,24-25H,2,17H2,1H3. The molecule has 26 heavy (non-hydrogen) atoms. The molecule has 1 unspecified atom stereocenters. The van der Waals surface area contributed by atoms with Gasteiger partial charge < -0.3 is 10.7 Å². The van der Waals surface area contributed by atoms with Crippen LogP contribution in [-0.2, 0) is 0 Å². The fourth-order valence-electron chi connectivity index (χ4n) is 2.85. The summed E-state index contributed by atoms with van der Waals surface area (Å²) in [5.74, 6) is 0. The highest BCUT2D eigenvalue weighted by Gasteiger charge is 2.16. The van der Waals surface area contributed by atoms with Gasteiger partial charge in [-0.05, 0) is 29.8 Å². The Morgan fingerprint density at radius 3 is 2.12 bits per heavy atom. The summed E-state index contributed by atoms with van der Waals surface area (Å²) in [5, 5.41) is 6.54. The molecule has 0 aromatic heterocycles. The van der Waals surface area contributed by atoms with E-state index in [0.29, 0.717) is 0 Å². The number of likely N-dealkylation sites (N-methyl/N-ethyl adjacent to an activating group) is 1. The van der Waals surface area contributed by atoms with Crippen molar-refractivity contribution in [3.8, 4) is 0 Å². The Morgan fingerprint density at radius 1 is 0.846 bits per heavy atom. The summed E-state index contributed by atoms with van der Waals surface area (Å²) in [6.45, 7) is 3.78. The highest BCUT2D eigenvalue weighted by Crippen LogP contribution is 2.24. The maximum Gasteiger partial charge on any atom is 0.0676 e. The van der Waals surface area contributed by atoms with Gasteiger partial charge in [0.25, 0.3) is 0 Å². The largest absolute Gasteiger partial charge is 0.377 e. The summed E-state index contributed by atoms with van der Waals surface area (Å²) < 4.78 is 0. The van der Waals surface area contributed by atoms with E-state index >= 15 is 0 Å². The van der Waals surface area contributed by atoms with Crippen molar-refractivity contribution < 1.29 is 0 Å². The molecule has 3 rings (SSSR count). The van der Waals surface area contributed by atoms with E-state index in [1.54, 1.807) is 0 Å². The molecule has 0 amide bonds. The third-order valence-corrected chi connectivity index (χ3v) is 4.58. The molecule has 0 radical (unpaired) electrons. The molecule has 1 atom stereocenters. The van der Waals surface area contributed by atoms with Gasteiger partial charge in [0, 0.05) is 18.8 Å². The SMILES string of the molecule is CCN(CC(Nc1ccccc1)c1ccccc1)Nc1ccccc1Cl. The van der Waals surface area contributed by atoms with Crippen molar-refractivity contribution >= 4 is 23.0 Å². The molecule has 0 aliphatic rings. The highest BCUT2D eigenvalue weighted by atomic mass is 35.5. The molecular weight excluding hydrogens is 342 g/mol. The number of para-hydroxylation sites is 2. The lowest BCUT2D eigenvalue weighted by atomic mass is 10.1. The minimum atomic E-state index is 0.147. The summed E-state index contributed by atoms with van der Waals surface area (Å²) in [5.41, 5.74) is 6.72. The number of halogens is 1. The van der Waals surface area contributed by atoms with Gasteiger partial charge in [0.1, 0.15) is 0 Å². The summed E-state index contributed by atoms with van der Waals surface area (Å²) in [4.78, 5) is 0. The average Bonchev–Trinajstić information content (AvgIpc) is 2.70. The zero-order valence-electron chi connectivity index (χ0n) is 14.9. The molecule has 0 spiro atoms. The van der Waals surface area contributed by atoms with E-state index in [9.17, 15) is 0 Å². The Labute approximate surface area is 160 Å². The second-order valence-corrected chi connectivity index (χ2v) is 6.51. The lowest BCUT2D eigenvalue weighted by molar-refractivity contribution is 0.331. The van der Waals surface area contributed by atoms with E-state index in [0.717, 1.165) is 29.5 Å². The van der Waals surface area contributed by atoms with Crippen LogP contribution in [0.25, 0.3) is 0 Å². The zero-order valence-corrected chi connectivity index (χ0v) is 15.7. The second kappa shape index (κ2) is 9.27. The molecule has 0 fully saturated rings. The third-order valence-electron chi connectivity index (χ3n) is 4.25. The van der Waals surface area contributed by atoms with Crippen LogP contribution in [0.1, 0.15) is 18.5 Å². The Balaban J connectivity index is 1.78. The molecule has 0 aliphatic heterocycles. The zero-order chi connectivity index (χ0) is 18.2. The lowest BCUT2D eigenvalue weighted by Crippen LogP contribution is -2.36. The molecule has 0 bridgehead atoms. The molecule has 134 valence electrons. The molecule has 3 aromatic rings. The third kappa shape index (κ3) is 5.01. The van der Waals surface area contributed by atoms with Crippen molar-refractivity contribution in [2.75, 3.05) is 23.8 Å². The van der Waals surface area contributed by atoms with E-state index in [-0.39, 0.29) is 6.04 Å². The van der Waals surface area contributed by atoms with Gasteiger partial charge in [-0.2, -0.15) is 0 Å². The first kappa shape index (κ1) is 18.3. The fraction of sp³-hybridized carbons (Fsp3) is 0.182. The van der Waals surface area contributed by atoms with E-state index in [1.165, 1.54) is 5.56 Å². The van der Waals surface area contributed by atoms with Crippen LogP contribution in [0.5, 0.6) is 0 Å². The topological polar surface area (TPSA) is 27.3 Å². The smallest absolute Gasteiger partial charge is 0.0676 e. The van der Waals surface area contributed by atoms with Gasteiger partial charge in [-0.25, -0.2) is 5.01 Å². The second-order valence-electron chi connectivity index (χ2n) is 6.10. The van der Waals surface area contributed by atoms with Gasteiger partial charge in [0.05, 0.1) is 16.8 Å². The molecule has 0 aliphatic carbocycles. The normalized spacial score (nSPS) is 12.0. The van der Waals surface area contributed by atoms with E-state index in [1.807, 2.05) is 48.5 Å². The van der Waals surface area contributed by atoms with Gasteiger partial charge in [-0.1, -0.05) is 79.2 Å². The van der Waals surface area contributed by atoms with Crippen LogP contribution in [0.15, 0.2) is 84.9 Å². The van der Waals surface area contributed by atoms with Crippen molar-refractivity contribution in [3.05, 3.63) is 95.5 Å². The van der Waals surface area contributed by atoms with Crippen LogP contribution < -0.4 is 10.7 Å². The number of anilines is 2. The first-order valence-corrected chi connectivity index (χ1v) is 9.26. The maximum absolute atomic E-state index is 6.30. The minimum absolute atomic E-state index is 0.147. The predicted molar refractivity (Wildman–Crippen MR) is 112 cm³/mol. The average molecular weight is 366 g/mol. The number of hydrazine groups is 1. The summed E-state index contributed by atoms with van der Waals surface area (Å²) in [6.07, 6.45) is 0. The molecule has 0 heterocycles. The van der Waals surface area contributed by atoms with Crippen LogP contribution in [0, 0.1) is 0 Å². The van der Waals surface area contributed by atoms with Crippen LogP contribution in [-0.4, -0.2) is 18.1 Å². The molecule has 2 N–H and O–H groups in total. The van der Waals surface area contributed by atoms with Crippen LogP contribution >= 0.6 is 11.6 Å². The minimum Gasteiger partial charge on any atom is -0.377 e. The number of nitrogens with one attached hydrogen (secondary N) is 2. The molecule has 0 saturated heterocycles. The summed E-state index contributed by atoms with van der Waals surface area (Å²) in [7, 11) is 0. The van der Waals surface area contributed by atoms with Crippen LogP contribution in [0.4, 0.5) is 11.4 Å². The number of benzene rings is 3. The Morgan fingerprint density at radius 2 is 1.46 bits per heavy atom. The Hall–Kier alpha value is -2.49. The van der Waals surface area contributed by atoms with Crippen molar-refractivity contribution in [3.63, 3.8) is 0 Å². The van der Waals surface area contributed by atoms with Gasteiger partial charge in [-0.15, -0.1) is 0 Å². The van der Waals surface area contributed by atoms with E-state index in [4.69, 9.17) is 11.6 Å². The number of hydrogen-bond acceptors (Lipinski definition) is 3. The molecule has 4 heteroatoms. The Kier molecular flexibility index (Phi) is 6.53. The number of hydrogen-bond donors (Lipinski definition) is 2. The fourth-order valence-corrected chi connectivity index (χ4v) is 3.03. The van der Waals surface area contributed by atoms with Gasteiger partial charge in [-0.3, -0.25) is 0 Å². The van der Waals surface area contributed by atoms with Crippen molar-refractivity contribution in [2.45, 2.75) is 13.0 Å². The summed E-state index contributed by atoms with van der Waals surface area (Å²) in [6, 6.07) is 28.8. The quantitative estimate of drug-likeness (QED) is 0.491. The molecule has 3 aromatic carbocycles. The van der Waals surface area contributed by atoms with E-state index in [2.05, 4.69) is 59.1 Å². The van der Waals surface area contributed by atoms with Crippen molar-refractivity contribution in [1.82, 2.24) is 5.01 Å². The lowest BCUT2D eigenvalue weighted by Gasteiger charge is -2.29. The number of nitrogens with zero attached hydrogens (tertiary/aromatic N) is 1. The Bertz CT molecular complexity index is 793. The monoisotopic (exact) mass is 365 g/mol. The van der Waals surface area contributed by atoms with Crippen molar-refractivity contribution in [1.29, 1.82) is 0 Å². The molecular formula is C22H24ClN3. The van der Waals surface area contributed by atoms with Crippen molar-refractivity contribution in [2.24, 2.45) is 0 Å². The van der Waals surface area contributed by atoms with E-state index < -0.39 is 0 Å². The first-order valence-electron chi connectivity index (χ1n) is 8.89. The first-order chi connectivity index (χ1) is 12.8. The van der Waals surface area contributed by atoms with Gasteiger partial charge >= 0.3 is 0 Å². The maximum atomic E-state index is 6.30. The van der Waals surface area contributed by atoms with Crippen LogP contribution in [0.2, 0.25) is 5.02 Å². The number of rotatable bonds is 8. The summed E-state index contributed by atoms with van der Waals surface area (Å²) >= 11 is 6.30. The van der Waals surface area contributed by atoms with Crippen LogP contribution in [0.3, 0.4) is 0 Å². The van der Waals surface area contributed by atoms with Gasteiger partial charge in [0.15, 0.2) is 0 Å². The van der Waals surface area contributed by atoms with Gasteiger partial charge in [0.2, 0.25) is 0 Å². The molecule has 0 saturated carbocycles. The molecule has 3 nitrogen and oxygen atoms in total. The highest BCUT2D eigenvalue weighted by molar-refractivity contribution is 6.33.